The van der Waals surface area contributed by atoms with Gasteiger partial charge in [0.1, 0.15) is 0 Å². The second kappa shape index (κ2) is 10.1. The molecule has 1 aromatic carbocycles. The molecule has 5 nitrogen and oxygen atoms in total. The molecule has 0 heterocycles. The Kier molecular flexibility index (Phi) is 8.47. The zero-order valence-corrected chi connectivity index (χ0v) is 15.6. The summed E-state index contributed by atoms with van der Waals surface area (Å²) in [5.41, 5.74) is 2.41. The van der Waals surface area contributed by atoms with Gasteiger partial charge in [-0.3, -0.25) is 14.5 Å². The molecular weight excluding hydrogens is 302 g/mol. The molecule has 0 bridgehead atoms. The first-order valence-electron chi connectivity index (χ1n) is 8.69. The SMILES string of the molecule is CCc1ccc(CN(C)C(=O)CN(CC)CC(=O)NC(C)C)cc1. The van der Waals surface area contributed by atoms with Crippen molar-refractivity contribution in [1.82, 2.24) is 15.1 Å². The Labute approximate surface area is 146 Å². The first-order chi connectivity index (χ1) is 11.3. The monoisotopic (exact) mass is 333 g/mol. The van der Waals surface area contributed by atoms with E-state index in [1.165, 1.54) is 5.56 Å². The highest BCUT2D eigenvalue weighted by molar-refractivity contribution is 5.81. The fraction of sp³-hybridized carbons (Fsp3) is 0.579. The number of carbonyl (C=O) groups is 2. The molecule has 0 saturated carbocycles. The summed E-state index contributed by atoms with van der Waals surface area (Å²) in [6, 6.07) is 8.44. The fourth-order valence-electron chi connectivity index (χ4n) is 2.40. The molecule has 2 amide bonds. The molecule has 0 spiro atoms. The van der Waals surface area contributed by atoms with E-state index in [0.29, 0.717) is 13.1 Å². The largest absolute Gasteiger partial charge is 0.353 e. The Balaban J connectivity index is 2.52. The third kappa shape index (κ3) is 7.13. The predicted octanol–water partition coefficient (Wildman–Crippen LogP) is 2.05. The Morgan fingerprint density at radius 3 is 2.12 bits per heavy atom. The Hall–Kier alpha value is -1.88. The van der Waals surface area contributed by atoms with Crippen LogP contribution in [0.1, 0.15) is 38.8 Å². The molecule has 0 aromatic heterocycles. The lowest BCUT2D eigenvalue weighted by Crippen LogP contribution is -2.44. The molecule has 5 heteroatoms. The van der Waals surface area contributed by atoms with Gasteiger partial charge in [-0.15, -0.1) is 0 Å². The fourth-order valence-corrected chi connectivity index (χ4v) is 2.40. The summed E-state index contributed by atoms with van der Waals surface area (Å²) in [5.74, 6) is -0.0220. The van der Waals surface area contributed by atoms with Crippen molar-refractivity contribution in [2.24, 2.45) is 0 Å². The average Bonchev–Trinajstić information content (AvgIpc) is 2.53. The summed E-state index contributed by atoms with van der Waals surface area (Å²) < 4.78 is 0. The molecule has 0 fully saturated rings. The minimum atomic E-state index is -0.0440. The van der Waals surface area contributed by atoms with Crippen LogP contribution in [0.2, 0.25) is 0 Å². The van der Waals surface area contributed by atoms with Crippen LogP contribution < -0.4 is 5.32 Å². The maximum Gasteiger partial charge on any atom is 0.236 e. The Bertz CT molecular complexity index is 526. The molecule has 1 rings (SSSR count). The number of benzene rings is 1. The van der Waals surface area contributed by atoms with Gasteiger partial charge in [0.15, 0.2) is 0 Å². The molecule has 1 aromatic rings. The van der Waals surface area contributed by atoms with E-state index in [9.17, 15) is 9.59 Å². The van der Waals surface area contributed by atoms with Gasteiger partial charge in [-0.2, -0.15) is 0 Å². The van der Waals surface area contributed by atoms with Crippen molar-refractivity contribution in [2.45, 2.75) is 46.7 Å². The first kappa shape index (κ1) is 20.2. The van der Waals surface area contributed by atoms with Gasteiger partial charge in [-0.25, -0.2) is 0 Å². The number of hydrogen-bond acceptors (Lipinski definition) is 3. The van der Waals surface area contributed by atoms with E-state index in [1.807, 2.05) is 25.7 Å². The number of amides is 2. The lowest BCUT2D eigenvalue weighted by molar-refractivity contribution is -0.132. The van der Waals surface area contributed by atoms with E-state index in [1.54, 1.807) is 11.9 Å². The highest BCUT2D eigenvalue weighted by atomic mass is 16.2. The predicted molar refractivity (Wildman–Crippen MR) is 97.7 cm³/mol. The topological polar surface area (TPSA) is 52.7 Å². The molecule has 0 aliphatic heterocycles. The number of carbonyl (C=O) groups excluding carboxylic acids is 2. The van der Waals surface area contributed by atoms with Crippen LogP contribution in [0.5, 0.6) is 0 Å². The van der Waals surface area contributed by atoms with Gasteiger partial charge >= 0.3 is 0 Å². The van der Waals surface area contributed by atoms with E-state index in [2.05, 4.69) is 36.5 Å². The van der Waals surface area contributed by atoms with Crippen LogP contribution in [-0.2, 0) is 22.6 Å². The van der Waals surface area contributed by atoms with Crippen molar-refractivity contribution in [3.63, 3.8) is 0 Å². The highest BCUT2D eigenvalue weighted by Gasteiger charge is 2.16. The van der Waals surface area contributed by atoms with E-state index < -0.39 is 0 Å². The van der Waals surface area contributed by atoms with Gasteiger partial charge in [0.25, 0.3) is 0 Å². The Morgan fingerprint density at radius 1 is 1.04 bits per heavy atom. The molecule has 0 saturated heterocycles. The van der Waals surface area contributed by atoms with Gasteiger partial charge in [-0.05, 0) is 37.9 Å². The number of likely N-dealkylation sites (N-methyl/N-ethyl adjacent to an activating group) is 2. The highest BCUT2D eigenvalue weighted by Crippen LogP contribution is 2.08. The molecule has 0 unspecified atom stereocenters. The smallest absolute Gasteiger partial charge is 0.236 e. The molecular formula is C19H31N3O2. The Morgan fingerprint density at radius 2 is 1.62 bits per heavy atom. The second-order valence-corrected chi connectivity index (χ2v) is 6.45. The zero-order chi connectivity index (χ0) is 18.1. The third-order valence-electron chi connectivity index (χ3n) is 3.90. The van der Waals surface area contributed by atoms with E-state index >= 15 is 0 Å². The van der Waals surface area contributed by atoms with Crippen LogP contribution in [0.15, 0.2) is 24.3 Å². The second-order valence-electron chi connectivity index (χ2n) is 6.45. The van der Waals surface area contributed by atoms with Crippen LogP contribution in [-0.4, -0.2) is 54.3 Å². The van der Waals surface area contributed by atoms with Gasteiger partial charge in [-0.1, -0.05) is 38.1 Å². The van der Waals surface area contributed by atoms with Crippen LogP contribution >= 0.6 is 0 Å². The summed E-state index contributed by atoms with van der Waals surface area (Å²) >= 11 is 0. The third-order valence-corrected chi connectivity index (χ3v) is 3.90. The number of nitrogens with zero attached hydrogens (tertiary/aromatic N) is 2. The lowest BCUT2D eigenvalue weighted by Gasteiger charge is -2.24. The molecule has 0 atom stereocenters. The van der Waals surface area contributed by atoms with Crippen LogP contribution in [0.25, 0.3) is 0 Å². The number of nitrogens with one attached hydrogen (secondary N) is 1. The summed E-state index contributed by atoms with van der Waals surface area (Å²) in [6.07, 6.45) is 1.01. The summed E-state index contributed by atoms with van der Waals surface area (Å²) in [4.78, 5) is 27.8. The van der Waals surface area contributed by atoms with E-state index in [-0.39, 0.29) is 30.9 Å². The molecule has 1 N–H and O–H groups in total. The first-order valence-corrected chi connectivity index (χ1v) is 8.69. The van der Waals surface area contributed by atoms with Crippen molar-refractivity contribution in [3.05, 3.63) is 35.4 Å². The molecule has 0 aliphatic rings. The van der Waals surface area contributed by atoms with Crippen molar-refractivity contribution >= 4 is 11.8 Å². The maximum atomic E-state index is 12.4. The average molecular weight is 333 g/mol. The molecule has 0 radical (unpaired) electrons. The molecule has 134 valence electrons. The summed E-state index contributed by atoms with van der Waals surface area (Å²) in [5, 5.41) is 2.86. The van der Waals surface area contributed by atoms with Crippen molar-refractivity contribution < 1.29 is 9.59 Å². The van der Waals surface area contributed by atoms with Crippen molar-refractivity contribution in [1.29, 1.82) is 0 Å². The van der Waals surface area contributed by atoms with Gasteiger partial charge in [0.2, 0.25) is 11.8 Å². The maximum absolute atomic E-state index is 12.4. The summed E-state index contributed by atoms with van der Waals surface area (Å²) in [6.45, 7) is 9.69. The standard InChI is InChI=1S/C19H31N3O2/c1-6-16-8-10-17(11-9-16)12-21(5)19(24)14-22(7-2)13-18(23)20-15(3)4/h8-11,15H,6-7,12-14H2,1-5H3,(H,20,23). The van der Waals surface area contributed by atoms with Crippen molar-refractivity contribution in [3.8, 4) is 0 Å². The lowest BCUT2D eigenvalue weighted by atomic mass is 10.1. The van der Waals surface area contributed by atoms with Crippen LogP contribution in [0, 0.1) is 0 Å². The molecule has 0 aliphatic carbocycles. The van der Waals surface area contributed by atoms with E-state index in [0.717, 1.165) is 12.0 Å². The normalized spacial score (nSPS) is 11.0. The number of aryl methyl sites for hydroxylation is 1. The van der Waals surface area contributed by atoms with Crippen molar-refractivity contribution in [2.75, 3.05) is 26.7 Å². The van der Waals surface area contributed by atoms with Gasteiger partial charge in [0, 0.05) is 19.6 Å². The number of rotatable bonds is 9. The van der Waals surface area contributed by atoms with Crippen LogP contribution in [0.4, 0.5) is 0 Å². The molecule has 24 heavy (non-hydrogen) atoms. The minimum Gasteiger partial charge on any atom is -0.353 e. The number of hydrogen-bond donors (Lipinski definition) is 1. The zero-order valence-electron chi connectivity index (χ0n) is 15.6. The summed E-state index contributed by atoms with van der Waals surface area (Å²) in [7, 11) is 1.80. The quantitative estimate of drug-likeness (QED) is 0.752. The minimum absolute atomic E-state index is 0.0220. The van der Waals surface area contributed by atoms with Crippen LogP contribution in [0.3, 0.4) is 0 Å². The van der Waals surface area contributed by atoms with Gasteiger partial charge < -0.3 is 10.2 Å². The van der Waals surface area contributed by atoms with E-state index in [4.69, 9.17) is 0 Å². The van der Waals surface area contributed by atoms with Gasteiger partial charge in [0.05, 0.1) is 13.1 Å².